The van der Waals surface area contributed by atoms with Gasteiger partial charge in [-0.3, -0.25) is 9.69 Å². The van der Waals surface area contributed by atoms with Crippen LogP contribution in [-0.4, -0.2) is 25.2 Å². The highest BCUT2D eigenvalue weighted by atomic mass is 79.9. The summed E-state index contributed by atoms with van der Waals surface area (Å²) in [5, 5.41) is 3.28. The molecule has 5 nitrogen and oxygen atoms in total. The topological polar surface area (TPSA) is 50.8 Å². The van der Waals surface area contributed by atoms with Crippen molar-refractivity contribution in [2.75, 3.05) is 19.1 Å². The summed E-state index contributed by atoms with van der Waals surface area (Å²) in [6.07, 6.45) is 1.72. The fraction of sp³-hybridized carbons (Fsp3) is 0.111. The number of rotatable bonds is 4. The summed E-state index contributed by atoms with van der Waals surface area (Å²) in [4.78, 5) is 14.3. The lowest BCUT2D eigenvalue weighted by molar-refractivity contribution is -0.113. The Morgan fingerprint density at radius 3 is 2.68 bits per heavy atom. The van der Waals surface area contributed by atoms with Crippen molar-refractivity contribution in [2.24, 2.45) is 0 Å². The molecule has 0 unspecified atom stereocenters. The highest BCUT2D eigenvalue weighted by Crippen LogP contribution is 2.29. The molecule has 1 N–H and O–H groups in total. The molecule has 7 heteroatoms. The zero-order valence-corrected chi connectivity index (χ0v) is 16.0. The normalized spacial score (nSPS) is 15.5. The van der Waals surface area contributed by atoms with Crippen LogP contribution < -0.4 is 19.7 Å². The minimum Gasteiger partial charge on any atom is -0.497 e. The van der Waals surface area contributed by atoms with Crippen molar-refractivity contribution in [3.05, 3.63) is 58.2 Å². The minimum absolute atomic E-state index is 0.236. The monoisotopic (exact) mass is 418 g/mol. The van der Waals surface area contributed by atoms with E-state index in [4.69, 9.17) is 21.7 Å². The summed E-state index contributed by atoms with van der Waals surface area (Å²) in [5.41, 5.74) is 1.79. The molecule has 2 aromatic carbocycles. The predicted octanol–water partition coefficient (Wildman–Crippen LogP) is 3.73. The Balaban J connectivity index is 1.97. The average molecular weight is 419 g/mol. The molecule has 128 valence electrons. The maximum Gasteiger partial charge on any atom is 0.281 e. The van der Waals surface area contributed by atoms with Gasteiger partial charge in [-0.05, 0) is 48.6 Å². The third-order valence-corrected chi connectivity index (χ3v) is 4.46. The Bertz CT molecular complexity index is 882. The Morgan fingerprint density at radius 2 is 1.96 bits per heavy atom. The number of carbonyl (C=O) groups excluding carboxylic acids is 1. The van der Waals surface area contributed by atoms with Crippen molar-refractivity contribution >= 4 is 50.9 Å². The van der Waals surface area contributed by atoms with Crippen LogP contribution in [0.4, 0.5) is 5.69 Å². The number of hydrogen-bond donors (Lipinski definition) is 1. The molecule has 25 heavy (non-hydrogen) atoms. The third kappa shape index (κ3) is 3.52. The second-order valence-electron chi connectivity index (χ2n) is 5.22. The number of anilines is 1. The molecule has 3 rings (SSSR count). The van der Waals surface area contributed by atoms with Gasteiger partial charge in [0, 0.05) is 16.1 Å². The summed E-state index contributed by atoms with van der Waals surface area (Å²) in [5.74, 6) is 1.08. The van der Waals surface area contributed by atoms with Crippen LogP contribution in [0.2, 0.25) is 0 Å². The Hall–Kier alpha value is -2.38. The van der Waals surface area contributed by atoms with Crippen LogP contribution in [0.15, 0.2) is 52.6 Å². The molecule has 0 spiro atoms. The Labute approximate surface area is 159 Å². The molecule has 0 aromatic heterocycles. The lowest BCUT2D eigenvalue weighted by atomic mass is 10.1. The second-order valence-corrected chi connectivity index (χ2v) is 6.52. The van der Waals surface area contributed by atoms with Gasteiger partial charge >= 0.3 is 0 Å². The van der Waals surface area contributed by atoms with E-state index in [9.17, 15) is 4.79 Å². The molecule has 1 heterocycles. The summed E-state index contributed by atoms with van der Waals surface area (Å²) >= 11 is 8.76. The molecule has 0 bridgehead atoms. The van der Waals surface area contributed by atoms with Gasteiger partial charge in [-0.2, -0.15) is 0 Å². The first-order valence-electron chi connectivity index (χ1n) is 7.38. The largest absolute Gasteiger partial charge is 0.497 e. The molecule has 0 saturated carbocycles. The number of ether oxygens (including phenoxy) is 2. The van der Waals surface area contributed by atoms with E-state index in [-0.39, 0.29) is 5.91 Å². The van der Waals surface area contributed by atoms with E-state index < -0.39 is 0 Å². The number of nitrogens with one attached hydrogen (secondary N) is 1. The van der Waals surface area contributed by atoms with Crippen molar-refractivity contribution in [2.45, 2.75) is 0 Å². The third-order valence-electron chi connectivity index (χ3n) is 3.68. The number of benzene rings is 2. The van der Waals surface area contributed by atoms with Gasteiger partial charge in [0.2, 0.25) is 0 Å². The molecule has 0 atom stereocenters. The van der Waals surface area contributed by atoms with Crippen LogP contribution >= 0.6 is 28.1 Å². The summed E-state index contributed by atoms with van der Waals surface area (Å²) in [7, 11) is 3.16. The highest BCUT2D eigenvalue weighted by molar-refractivity contribution is 9.10. The number of amides is 1. The number of carbonyl (C=O) groups is 1. The molecular formula is C18H15BrN2O3S. The molecule has 1 aliphatic rings. The van der Waals surface area contributed by atoms with Crippen LogP contribution in [0.1, 0.15) is 5.56 Å². The number of nitrogens with zero attached hydrogens (tertiary/aromatic N) is 1. The number of thiocarbonyl (C=S) groups is 1. The van der Waals surface area contributed by atoms with Crippen molar-refractivity contribution in [1.82, 2.24) is 5.32 Å². The summed E-state index contributed by atoms with van der Waals surface area (Å²) in [6.45, 7) is 0. The van der Waals surface area contributed by atoms with E-state index in [1.807, 2.05) is 30.3 Å². The standard InChI is InChI=1S/C18H15BrN2O3S/c1-23-14-5-3-4-13(10-14)21-17(22)15(20-18(21)25)9-11-8-12(19)6-7-16(11)24-2/h3-10H,1-2H3,(H,20,25)/b15-9-. The lowest BCUT2D eigenvalue weighted by Crippen LogP contribution is -2.30. The molecule has 2 aromatic rings. The van der Waals surface area contributed by atoms with Gasteiger partial charge in [-0.25, -0.2) is 0 Å². The smallest absolute Gasteiger partial charge is 0.281 e. The number of halogens is 1. The van der Waals surface area contributed by atoms with Gasteiger partial charge in [0.05, 0.1) is 19.9 Å². The van der Waals surface area contributed by atoms with Crippen molar-refractivity contribution in [1.29, 1.82) is 0 Å². The van der Waals surface area contributed by atoms with E-state index in [2.05, 4.69) is 21.2 Å². The van der Waals surface area contributed by atoms with Gasteiger partial charge in [-0.1, -0.05) is 22.0 Å². The SMILES string of the molecule is COc1cccc(N2C(=O)/C(=C/c3cc(Br)ccc3OC)NC2=S)c1. The zero-order valence-electron chi connectivity index (χ0n) is 13.6. The van der Waals surface area contributed by atoms with Crippen molar-refractivity contribution < 1.29 is 14.3 Å². The Kier molecular flexibility index (Phi) is 5.06. The van der Waals surface area contributed by atoms with E-state index in [0.717, 1.165) is 10.0 Å². The second kappa shape index (κ2) is 7.25. The van der Waals surface area contributed by atoms with E-state index in [0.29, 0.717) is 28.0 Å². The van der Waals surface area contributed by atoms with Gasteiger partial charge < -0.3 is 14.8 Å². The molecule has 1 saturated heterocycles. The van der Waals surface area contributed by atoms with Crippen LogP contribution in [0, 0.1) is 0 Å². The first kappa shape index (κ1) is 17.4. The predicted molar refractivity (Wildman–Crippen MR) is 105 cm³/mol. The summed E-state index contributed by atoms with van der Waals surface area (Å²) < 4.78 is 11.4. The fourth-order valence-corrected chi connectivity index (χ4v) is 3.17. The molecule has 1 aliphatic heterocycles. The van der Waals surface area contributed by atoms with Crippen LogP contribution in [0.25, 0.3) is 6.08 Å². The van der Waals surface area contributed by atoms with Crippen LogP contribution in [0.5, 0.6) is 11.5 Å². The molecular weight excluding hydrogens is 404 g/mol. The first-order chi connectivity index (χ1) is 12.0. The van der Waals surface area contributed by atoms with Crippen molar-refractivity contribution in [3.63, 3.8) is 0 Å². The number of hydrogen-bond acceptors (Lipinski definition) is 4. The first-order valence-corrected chi connectivity index (χ1v) is 8.58. The molecule has 0 radical (unpaired) electrons. The molecule has 1 amide bonds. The number of methoxy groups -OCH3 is 2. The van der Waals surface area contributed by atoms with E-state index >= 15 is 0 Å². The van der Waals surface area contributed by atoms with Crippen LogP contribution in [0.3, 0.4) is 0 Å². The van der Waals surface area contributed by atoms with E-state index in [1.54, 1.807) is 32.4 Å². The molecule has 0 aliphatic carbocycles. The maximum atomic E-state index is 12.8. The molecule has 1 fully saturated rings. The quantitative estimate of drug-likeness (QED) is 0.605. The summed E-state index contributed by atoms with van der Waals surface area (Å²) in [6, 6.07) is 12.8. The highest BCUT2D eigenvalue weighted by Gasteiger charge is 2.32. The van der Waals surface area contributed by atoms with Crippen molar-refractivity contribution in [3.8, 4) is 11.5 Å². The van der Waals surface area contributed by atoms with Gasteiger partial charge in [0.1, 0.15) is 17.2 Å². The van der Waals surface area contributed by atoms with Gasteiger partial charge in [0.15, 0.2) is 5.11 Å². The van der Waals surface area contributed by atoms with E-state index in [1.165, 1.54) is 4.90 Å². The average Bonchev–Trinajstić information content (AvgIpc) is 2.89. The Morgan fingerprint density at radius 1 is 1.16 bits per heavy atom. The fourth-order valence-electron chi connectivity index (χ4n) is 2.49. The van der Waals surface area contributed by atoms with Gasteiger partial charge in [-0.15, -0.1) is 0 Å². The maximum absolute atomic E-state index is 12.8. The zero-order chi connectivity index (χ0) is 18.0. The van der Waals surface area contributed by atoms with Gasteiger partial charge in [0.25, 0.3) is 5.91 Å². The minimum atomic E-state index is -0.236. The lowest BCUT2D eigenvalue weighted by Gasteiger charge is -2.14. The van der Waals surface area contributed by atoms with Crippen LogP contribution in [-0.2, 0) is 4.79 Å².